The van der Waals surface area contributed by atoms with Crippen molar-refractivity contribution in [1.29, 1.82) is 0 Å². The first kappa shape index (κ1) is 32.4. The van der Waals surface area contributed by atoms with Crippen LogP contribution in [0.5, 0.6) is 11.5 Å². The molecular weight excluding hydrogens is 530 g/mol. The molecule has 0 aliphatic rings. The monoisotopic (exact) mass is 573 g/mol. The third-order valence-electron chi connectivity index (χ3n) is 6.26. The Labute approximate surface area is 249 Å². The summed E-state index contributed by atoms with van der Waals surface area (Å²) in [6, 6.07) is 20.0. The van der Waals surface area contributed by atoms with Gasteiger partial charge in [-0.15, -0.1) is 0 Å². The number of oxime groups is 1. The molecule has 0 aliphatic carbocycles. The Morgan fingerprint density at radius 3 is 1.83 bits per heavy atom. The zero-order chi connectivity index (χ0) is 31.1. The Balaban J connectivity index is 1.66. The van der Waals surface area contributed by atoms with Gasteiger partial charge in [0.15, 0.2) is 6.61 Å². The van der Waals surface area contributed by atoms with Crippen LogP contribution in [0.25, 0.3) is 0 Å². The van der Waals surface area contributed by atoms with Crippen LogP contribution in [0, 0.1) is 0 Å². The summed E-state index contributed by atoms with van der Waals surface area (Å²) in [4.78, 5) is 31.2. The molecule has 3 aromatic carbocycles. The number of rotatable bonds is 9. The average molecular weight is 574 g/mol. The normalized spacial score (nSPS) is 12.2. The molecule has 0 spiro atoms. The fraction of sp³-hybridized carbons (Fsp3) is 0.400. The van der Waals surface area contributed by atoms with Gasteiger partial charge in [-0.1, -0.05) is 83.1 Å². The van der Waals surface area contributed by atoms with Gasteiger partial charge in [0.2, 0.25) is 0 Å². The van der Waals surface area contributed by atoms with Crippen LogP contribution in [-0.4, -0.2) is 37.0 Å². The smallest absolute Gasteiger partial charge is 0.343 e. The number of carbonyl (C=O) groups excluding carboxylic acids is 2. The van der Waals surface area contributed by atoms with Gasteiger partial charge >= 0.3 is 11.9 Å². The molecule has 0 atom stereocenters. The summed E-state index contributed by atoms with van der Waals surface area (Å²) in [5, 5.41) is 4.01. The van der Waals surface area contributed by atoms with E-state index in [4.69, 9.17) is 19.0 Å². The molecule has 0 saturated carbocycles. The quantitative estimate of drug-likeness (QED) is 0.0851. The lowest BCUT2D eigenvalue weighted by atomic mass is 9.87. The van der Waals surface area contributed by atoms with Crippen LogP contribution in [0.2, 0.25) is 0 Å². The maximum absolute atomic E-state index is 13.0. The predicted molar refractivity (Wildman–Crippen MR) is 166 cm³/mol. The number of nitrogens with zero attached hydrogens (tertiary/aromatic N) is 1. The first-order chi connectivity index (χ1) is 19.5. The zero-order valence-corrected chi connectivity index (χ0v) is 26.2. The molecule has 7 nitrogen and oxygen atoms in total. The van der Waals surface area contributed by atoms with Gasteiger partial charge in [0.25, 0.3) is 0 Å². The summed E-state index contributed by atoms with van der Waals surface area (Å²) in [6.45, 7) is 18.5. The van der Waals surface area contributed by atoms with E-state index in [1.54, 1.807) is 45.2 Å². The van der Waals surface area contributed by atoms with E-state index < -0.39 is 17.5 Å². The molecule has 0 aliphatic heterocycles. The minimum atomic E-state index is -0.719. The van der Waals surface area contributed by atoms with Gasteiger partial charge in [-0.25, -0.2) is 9.59 Å². The van der Waals surface area contributed by atoms with E-state index in [2.05, 4.69) is 58.8 Å². The largest absolute Gasteiger partial charge is 0.490 e. The van der Waals surface area contributed by atoms with Crippen molar-refractivity contribution in [2.45, 2.75) is 78.7 Å². The van der Waals surface area contributed by atoms with Crippen molar-refractivity contribution in [1.82, 2.24) is 0 Å². The van der Waals surface area contributed by atoms with Crippen molar-refractivity contribution in [2.75, 3.05) is 13.2 Å². The topological polar surface area (TPSA) is 83.4 Å². The Morgan fingerprint density at radius 2 is 1.29 bits per heavy atom. The van der Waals surface area contributed by atoms with E-state index in [0.717, 1.165) is 11.1 Å². The lowest BCUT2D eigenvalue weighted by Crippen LogP contribution is -2.24. The Morgan fingerprint density at radius 1 is 0.714 bits per heavy atom. The standard InChI is InChI=1S/C35H43NO6/c1-33(2,3)26-14-10-24(11-15-26)23-36-40-21-20-39-28-18-19-29(32(38)42-35(7,8)9)30(22-28)41-31(37)25-12-16-27(17-13-25)34(4,5)6/h10-19,22-23H,20-21H2,1-9H3/b36-23+. The number of hydrogen-bond donors (Lipinski definition) is 0. The summed E-state index contributed by atoms with van der Waals surface area (Å²) < 4.78 is 17.0. The molecule has 0 saturated heterocycles. The van der Waals surface area contributed by atoms with Crippen LogP contribution in [0.1, 0.15) is 99.7 Å². The lowest BCUT2D eigenvalue weighted by Gasteiger charge is -2.21. The molecule has 0 bridgehead atoms. The second-order valence-corrected chi connectivity index (χ2v) is 13.2. The van der Waals surface area contributed by atoms with Gasteiger partial charge in [-0.2, -0.15) is 0 Å². The number of hydrogen-bond acceptors (Lipinski definition) is 7. The molecule has 42 heavy (non-hydrogen) atoms. The van der Waals surface area contributed by atoms with Gasteiger partial charge in [0.05, 0.1) is 11.8 Å². The SMILES string of the molecule is CC(C)(C)OC(=O)c1ccc(OCCO/N=C/c2ccc(C(C)(C)C)cc2)cc1OC(=O)c1ccc(C(C)(C)C)cc1. The second-order valence-electron chi connectivity index (χ2n) is 13.2. The fourth-order valence-corrected chi connectivity index (χ4v) is 3.86. The molecule has 0 unspecified atom stereocenters. The minimum absolute atomic E-state index is 0.0456. The third-order valence-corrected chi connectivity index (χ3v) is 6.26. The Bertz CT molecular complexity index is 1390. The number of benzene rings is 3. The maximum atomic E-state index is 13.0. The van der Waals surface area contributed by atoms with E-state index in [0.29, 0.717) is 11.3 Å². The summed E-state index contributed by atoms with van der Waals surface area (Å²) in [5.74, 6) is -0.749. The summed E-state index contributed by atoms with van der Waals surface area (Å²) in [7, 11) is 0. The van der Waals surface area contributed by atoms with Gasteiger partial charge in [0.1, 0.15) is 29.3 Å². The molecule has 0 fully saturated rings. The van der Waals surface area contributed by atoms with Crippen molar-refractivity contribution in [3.63, 3.8) is 0 Å². The van der Waals surface area contributed by atoms with E-state index in [-0.39, 0.29) is 35.4 Å². The van der Waals surface area contributed by atoms with E-state index in [9.17, 15) is 9.59 Å². The maximum Gasteiger partial charge on any atom is 0.343 e. The molecule has 0 radical (unpaired) electrons. The van der Waals surface area contributed by atoms with Crippen LogP contribution < -0.4 is 9.47 Å². The molecule has 0 heterocycles. The van der Waals surface area contributed by atoms with Crippen molar-refractivity contribution in [3.05, 3.63) is 94.5 Å². The highest BCUT2D eigenvalue weighted by Crippen LogP contribution is 2.29. The molecule has 7 heteroatoms. The first-order valence-electron chi connectivity index (χ1n) is 14.1. The van der Waals surface area contributed by atoms with E-state index >= 15 is 0 Å². The highest BCUT2D eigenvalue weighted by atomic mass is 16.6. The second kappa shape index (κ2) is 13.2. The molecule has 224 valence electrons. The molecule has 3 rings (SSSR count). The lowest BCUT2D eigenvalue weighted by molar-refractivity contribution is 0.00667. The van der Waals surface area contributed by atoms with Crippen LogP contribution in [0.15, 0.2) is 71.9 Å². The number of esters is 2. The molecule has 0 amide bonds. The van der Waals surface area contributed by atoms with Crippen LogP contribution in [0.3, 0.4) is 0 Å². The van der Waals surface area contributed by atoms with Gasteiger partial charge in [-0.3, -0.25) is 0 Å². The number of ether oxygens (including phenoxy) is 3. The summed E-state index contributed by atoms with van der Waals surface area (Å²) in [5.41, 5.74) is 3.07. The molecule has 0 N–H and O–H groups in total. The molecule has 0 aromatic heterocycles. The number of carbonyl (C=O) groups is 2. The first-order valence-corrected chi connectivity index (χ1v) is 14.1. The molecular formula is C35H43NO6. The van der Waals surface area contributed by atoms with Crippen molar-refractivity contribution in [2.24, 2.45) is 5.16 Å². The highest BCUT2D eigenvalue weighted by Gasteiger charge is 2.24. The van der Waals surface area contributed by atoms with Crippen LogP contribution >= 0.6 is 0 Å². The van der Waals surface area contributed by atoms with Crippen molar-refractivity contribution < 1.29 is 28.6 Å². The summed E-state index contributed by atoms with van der Waals surface area (Å²) in [6.07, 6.45) is 1.65. The van der Waals surface area contributed by atoms with Crippen LogP contribution in [0.4, 0.5) is 0 Å². The summed E-state index contributed by atoms with van der Waals surface area (Å²) >= 11 is 0. The van der Waals surface area contributed by atoms with E-state index in [1.165, 1.54) is 17.7 Å². The zero-order valence-electron chi connectivity index (χ0n) is 26.2. The van der Waals surface area contributed by atoms with Gasteiger partial charge in [-0.05, 0) is 72.6 Å². The van der Waals surface area contributed by atoms with Gasteiger partial charge < -0.3 is 19.0 Å². The predicted octanol–water partition coefficient (Wildman–Crippen LogP) is 7.89. The third kappa shape index (κ3) is 9.75. The van der Waals surface area contributed by atoms with Crippen LogP contribution in [-0.2, 0) is 20.4 Å². The highest BCUT2D eigenvalue weighted by molar-refractivity contribution is 5.96. The van der Waals surface area contributed by atoms with E-state index in [1.807, 2.05) is 24.3 Å². The minimum Gasteiger partial charge on any atom is -0.490 e. The van der Waals surface area contributed by atoms with Crippen molar-refractivity contribution >= 4 is 18.2 Å². The average Bonchev–Trinajstić information content (AvgIpc) is 2.89. The Hall–Kier alpha value is -4.13. The van der Waals surface area contributed by atoms with Crippen molar-refractivity contribution in [3.8, 4) is 11.5 Å². The molecule has 3 aromatic rings. The fourth-order valence-electron chi connectivity index (χ4n) is 3.86. The van der Waals surface area contributed by atoms with Gasteiger partial charge in [0, 0.05) is 6.07 Å². The Kier molecular flexibility index (Phi) is 10.2.